The summed E-state index contributed by atoms with van der Waals surface area (Å²) in [5.74, 6) is -0.0194. The quantitative estimate of drug-likeness (QED) is 0.661. The molecule has 0 N–H and O–H groups in total. The van der Waals surface area contributed by atoms with E-state index < -0.39 is 11.1 Å². The van der Waals surface area contributed by atoms with Crippen LogP contribution in [0.1, 0.15) is 30.5 Å². The molecule has 0 bridgehead atoms. The maximum atomic E-state index is 12.9. The van der Waals surface area contributed by atoms with E-state index in [0.29, 0.717) is 23.7 Å². The highest BCUT2D eigenvalue weighted by Gasteiger charge is 2.37. The molecule has 0 unspecified atom stereocenters. The number of thioether (sulfide) groups is 1. The third-order valence-corrected chi connectivity index (χ3v) is 6.13. The van der Waals surface area contributed by atoms with Gasteiger partial charge in [0.15, 0.2) is 0 Å². The molecule has 7 heteroatoms. The third kappa shape index (κ3) is 4.66. The fourth-order valence-electron chi connectivity index (χ4n) is 3.68. The Kier molecular flexibility index (Phi) is 6.13. The smallest absolute Gasteiger partial charge is 0.294 e. The molecule has 0 radical (unpaired) electrons. The normalized spacial score (nSPS) is 17.5. The van der Waals surface area contributed by atoms with E-state index in [1.165, 1.54) is 5.56 Å². The average Bonchev–Trinajstić information content (AvgIpc) is 3.01. The standard InChI is InChI=1S/C24H24N2O4S/c1-16(2)30-20-10-6-5-8-18(20)13-21-23(28)26(24(29)31-21)15-22(27)25-12-11-17-7-3-4-9-19(17)14-25/h3-10,13,16H,11-12,14-15H2,1-2H3/b21-13-. The zero-order valence-electron chi connectivity index (χ0n) is 17.5. The van der Waals surface area contributed by atoms with Crippen LogP contribution in [0.5, 0.6) is 5.75 Å². The summed E-state index contributed by atoms with van der Waals surface area (Å²) >= 11 is 0.854. The third-order valence-electron chi connectivity index (χ3n) is 5.22. The molecule has 2 aliphatic heterocycles. The summed E-state index contributed by atoms with van der Waals surface area (Å²) in [7, 11) is 0. The van der Waals surface area contributed by atoms with E-state index in [2.05, 4.69) is 6.07 Å². The summed E-state index contributed by atoms with van der Waals surface area (Å²) in [5, 5.41) is -0.427. The lowest BCUT2D eigenvalue weighted by molar-refractivity contribution is -0.136. The Morgan fingerprint density at radius 1 is 1.10 bits per heavy atom. The minimum Gasteiger partial charge on any atom is -0.490 e. The van der Waals surface area contributed by atoms with E-state index in [-0.39, 0.29) is 18.6 Å². The van der Waals surface area contributed by atoms with Gasteiger partial charge in [0, 0.05) is 18.7 Å². The topological polar surface area (TPSA) is 66.9 Å². The molecule has 0 aromatic heterocycles. The van der Waals surface area contributed by atoms with Crippen LogP contribution in [0.2, 0.25) is 0 Å². The molecule has 0 aliphatic carbocycles. The van der Waals surface area contributed by atoms with Crippen molar-refractivity contribution in [2.45, 2.75) is 32.9 Å². The van der Waals surface area contributed by atoms with E-state index in [4.69, 9.17) is 4.74 Å². The number of para-hydroxylation sites is 1. The summed E-state index contributed by atoms with van der Waals surface area (Å²) in [4.78, 5) is 41.2. The lowest BCUT2D eigenvalue weighted by atomic mass is 10.00. The highest BCUT2D eigenvalue weighted by atomic mass is 32.2. The fraction of sp³-hybridized carbons (Fsp3) is 0.292. The summed E-state index contributed by atoms with van der Waals surface area (Å²) in [6.45, 7) is 4.70. The van der Waals surface area contributed by atoms with Crippen molar-refractivity contribution in [3.05, 3.63) is 70.1 Å². The molecule has 2 aliphatic rings. The summed E-state index contributed by atoms with van der Waals surface area (Å²) in [6.07, 6.45) is 2.41. The number of ether oxygens (including phenoxy) is 1. The molecule has 4 rings (SSSR count). The molecule has 0 atom stereocenters. The van der Waals surface area contributed by atoms with Gasteiger partial charge in [0.05, 0.1) is 11.0 Å². The van der Waals surface area contributed by atoms with Gasteiger partial charge in [0.25, 0.3) is 11.1 Å². The Balaban J connectivity index is 1.47. The number of hydrogen-bond acceptors (Lipinski definition) is 5. The Labute approximate surface area is 185 Å². The Bertz CT molecular complexity index is 1060. The highest BCUT2D eigenvalue weighted by molar-refractivity contribution is 8.18. The number of hydrogen-bond donors (Lipinski definition) is 0. The van der Waals surface area contributed by atoms with E-state index in [0.717, 1.165) is 34.2 Å². The number of benzene rings is 2. The zero-order chi connectivity index (χ0) is 22.0. The van der Waals surface area contributed by atoms with E-state index >= 15 is 0 Å². The van der Waals surface area contributed by atoms with Crippen molar-refractivity contribution in [2.24, 2.45) is 0 Å². The molecule has 2 heterocycles. The SMILES string of the molecule is CC(C)Oc1ccccc1/C=C1\SC(=O)N(CC(=O)N2CCc3ccccc3C2)C1=O. The molecule has 0 spiro atoms. The largest absolute Gasteiger partial charge is 0.490 e. The van der Waals surface area contributed by atoms with Gasteiger partial charge in [-0.1, -0.05) is 42.5 Å². The van der Waals surface area contributed by atoms with Gasteiger partial charge in [-0.2, -0.15) is 0 Å². The van der Waals surface area contributed by atoms with Crippen molar-refractivity contribution in [3.8, 4) is 5.75 Å². The average molecular weight is 437 g/mol. The second-order valence-corrected chi connectivity index (χ2v) is 8.80. The molecule has 1 saturated heterocycles. The number of carbonyl (C=O) groups is 3. The lowest BCUT2D eigenvalue weighted by Crippen LogP contribution is -2.44. The van der Waals surface area contributed by atoms with Gasteiger partial charge in [-0.15, -0.1) is 0 Å². The molecule has 2 aromatic carbocycles. The minimum absolute atomic E-state index is 0.0168. The van der Waals surface area contributed by atoms with E-state index in [1.54, 1.807) is 11.0 Å². The molecule has 3 amide bonds. The number of amides is 3. The lowest BCUT2D eigenvalue weighted by Gasteiger charge is -2.29. The van der Waals surface area contributed by atoms with Crippen molar-refractivity contribution >= 4 is 34.9 Å². The van der Waals surface area contributed by atoms with Gasteiger partial charge in [0.2, 0.25) is 5.91 Å². The Hall–Kier alpha value is -3.06. The first-order valence-corrected chi connectivity index (χ1v) is 11.1. The molecule has 0 saturated carbocycles. The number of imide groups is 1. The predicted molar refractivity (Wildman–Crippen MR) is 120 cm³/mol. The predicted octanol–water partition coefficient (Wildman–Crippen LogP) is 4.10. The van der Waals surface area contributed by atoms with Crippen molar-refractivity contribution < 1.29 is 19.1 Å². The van der Waals surface area contributed by atoms with Crippen molar-refractivity contribution in [1.29, 1.82) is 0 Å². The van der Waals surface area contributed by atoms with Gasteiger partial charge in [-0.05, 0) is 55.3 Å². The molecule has 6 nitrogen and oxygen atoms in total. The number of rotatable bonds is 5. The second kappa shape index (κ2) is 8.98. The number of carbonyl (C=O) groups excluding carboxylic acids is 3. The van der Waals surface area contributed by atoms with Crippen LogP contribution in [0.25, 0.3) is 6.08 Å². The molecule has 2 aromatic rings. The van der Waals surface area contributed by atoms with Crippen LogP contribution in [0.15, 0.2) is 53.4 Å². The molecule has 1 fully saturated rings. The van der Waals surface area contributed by atoms with Gasteiger partial charge in [0.1, 0.15) is 12.3 Å². The molecular formula is C24H24N2O4S. The van der Waals surface area contributed by atoms with Gasteiger partial charge in [-0.25, -0.2) is 0 Å². The molecular weight excluding hydrogens is 412 g/mol. The maximum absolute atomic E-state index is 12.9. The van der Waals surface area contributed by atoms with Crippen LogP contribution in [-0.2, 0) is 22.6 Å². The van der Waals surface area contributed by atoms with Gasteiger partial charge < -0.3 is 9.64 Å². The van der Waals surface area contributed by atoms with Crippen molar-refractivity contribution in [2.75, 3.05) is 13.1 Å². The van der Waals surface area contributed by atoms with Crippen molar-refractivity contribution in [3.63, 3.8) is 0 Å². The Morgan fingerprint density at radius 3 is 2.58 bits per heavy atom. The van der Waals surface area contributed by atoms with E-state index in [9.17, 15) is 14.4 Å². The van der Waals surface area contributed by atoms with Gasteiger partial charge in [-0.3, -0.25) is 19.3 Å². The molecule has 31 heavy (non-hydrogen) atoms. The fourth-order valence-corrected chi connectivity index (χ4v) is 4.51. The maximum Gasteiger partial charge on any atom is 0.294 e. The Morgan fingerprint density at radius 2 is 1.81 bits per heavy atom. The van der Waals surface area contributed by atoms with Crippen LogP contribution < -0.4 is 4.74 Å². The number of nitrogens with zero attached hydrogens (tertiary/aromatic N) is 2. The van der Waals surface area contributed by atoms with Crippen LogP contribution in [0.4, 0.5) is 4.79 Å². The van der Waals surface area contributed by atoms with E-state index in [1.807, 2.05) is 56.3 Å². The first kappa shape index (κ1) is 21.2. The first-order valence-electron chi connectivity index (χ1n) is 10.3. The second-order valence-electron chi connectivity index (χ2n) is 7.81. The summed E-state index contributed by atoms with van der Waals surface area (Å²) in [5.41, 5.74) is 3.07. The monoisotopic (exact) mass is 436 g/mol. The first-order chi connectivity index (χ1) is 14.9. The highest BCUT2D eigenvalue weighted by Crippen LogP contribution is 2.34. The van der Waals surface area contributed by atoms with Crippen LogP contribution in [0.3, 0.4) is 0 Å². The zero-order valence-corrected chi connectivity index (χ0v) is 18.4. The number of fused-ring (bicyclic) bond motifs is 1. The summed E-state index contributed by atoms with van der Waals surface area (Å²) in [6, 6.07) is 15.4. The van der Waals surface area contributed by atoms with Gasteiger partial charge >= 0.3 is 0 Å². The molecule has 160 valence electrons. The minimum atomic E-state index is -0.444. The van der Waals surface area contributed by atoms with Crippen LogP contribution in [-0.4, -0.2) is 46.0 Å². The van der Waals surface area contributed by atoms with Crippen molar-refractivity contribution in [1.82, 2.24) is 9.80 Å². The van der Waals surface area contributed by atoms with Crippen LogP contribution in [0, 0.1) is 0 Å². The summed E-state index contributed by atoms with van der Waals surface area (Å²) < 4.78 is 5.79. The van der Waals surface area contributed by atoms with Crippen LogP contribution >= 0.6 is 11.8 Å².